The number of carbonyl (C=O) groups is 1. The summed E-state index contributed by atoms with van der Waals surface area (Å²) in [6, 6.07) is 5.91. The van der Waals surface area contributed by atoms with Gasteiger partial charge in [-0.2, -0.15) is 0 Å². The molecule has 5 heteroatoms. The highest BCUT2D eigenvalue weighted by molar-refractivity contribution is 5.81. The predicted molar refractivity (Wildman–Crippen MR) is 77.5 cm³/mol. The van der Waals surface area contributed by atoms with E-state index in [1.165, 1.54) is 12.1 Å². The SMILES string of the molecule is C[C@H](Oc1cccc(F)c1)C(=O)N1C[C@H]2CN(C)C[C@H]2C1. The van der Waals surface area contributed by atoms with Crippen molar-refractivity contribution in [3.63, 3.8) is 0 Å². The highest BCUT2D eigenvalue weighted by atomic mass is 19.1. The van der Waals surface area contributed by atoms with Gasteiger partial charge in [-0.05, 0) is 37.9 Å². The summed E-state index contributed by atoms with van der Waals surface area (Å²) in [5.41, 5.74) is 0. The molecule has 2 aliphatic heterocycles. The first kappa shape index (κ1) is 14.3. The molecule has 1 aromatic rings. The van der Waals surface area contributed by atoms with E-state index in [1.807, 2.05) is 4.90 Å². The second-order valence-corrected chi connectivity index (χ2v) is 6.20. The molecule has 1 amide bonds. The maximum Gasteiger partial charge on any atom is 0.263 e. The molecule has 0 saturated carbocycles. The number of nitrogens with zero attached hydrogens (tertiary/aromatic N) is 2. The molecule has 0 N–H and O–H groups in total. The molecule has 2 aliphatic rings. The summed E-state index contributed by atoms with van der Waals surface area (Å²) in [6.07, 6.45) is -0.580. The van der Waals surface area contributed by atoms with Crippen molar-refractivity contribution in [1.82, 2.24) is 9.80 Å². The molecule has 21 heavy (non-hydrogen) atoms. The minimum Gasteiger partial charge on any atom is -0.481 e. The Kier molecular flexibility index (Phi) is 3.85. The number of hydrogen-bond donors (Lipinski definition) is 0. The molecule has 3 atom stereocenters. The first-order chi connectivity index (χ1) is 10.0. The molecule has 1 aromatic carbocycles. The molecule has 2 heterocycles. The fourth-order valence-corrected chi connectivity index (χ4v) is 3.46. The van der Waals surface area contributed by atoms with E-state index < -0.39 is 6.10 Å². The van der Waals surface area contributed by atoms with Gasteiger partial charge in [-0.25, -0.2) is 4.39 Å². The van der Waals surface area contributed by atoms with E-state index in [1.54, 1.807) is 19.1 Å². The van der Waals surface area contributed by atoms with Crippen LogP contribution in [0.3, 0.4) is 0 Å². The second kappa shape index (κ2) is 5.64. The fraction of sp³-hybridized carbons (Fsp3) is 0.562. The zero-order valence-corrected chi connectivity index (χ0v) is 12.5. The quantitative estimate of drug-likeness (QED) is 0.848. The normalized spacial score (nSPS) is 26.7. The van der Waals surface area contributed by atoms with Crippen LogP contribution in [0.15, 0.2) is 24.3 Å². The van der Waals surface area contributed by atoms with Crippen molar-refractivity contribution in [2.45, 2.75) is 13.0 Å². The predicted octanol–water partition coefficient (Wildman–Crippen LogP) is 1.61. The number of ether oxygens (including phenoxy) is 1. The largest absolute Gasteiger partial charge is 0.481 e. The molecule has 2 saturated heterocycles. The Bertz CT molecular complexity index is 523. The lowest BCUT2D eigenvalue weighted by atomic mass is 10.0. The standard InChI is InChI=1S/C16H21FN2O2/c1-11(21-15-5-3-4-14(17)6-15)16(20)19-9-12-7-18(2)8-13(12)10-19/h3-6,11-13H,7-10H2,1-2H3/t11-,12-,13+/m0/s1. The van der Waals surface area contributed by atoms with Crippen LogP contribution in [0.1, 0.15) is 6.92 Å². The summed E-state index contributed by atoms with van der Waals surface area (Å²) in [4.78, 5) is 16.7. The van der Waals surface area contributed by atoms with Gasteiger partial charge in [0, 0.05) is 32.2 Å². The van der Waals surface area contributed by atoms with Crippen molar-refractivity contribution in [3.8, 4) is 5.75 Å². The van der Waals surface area contributed by atoms with E-state index in [2.05, 4.69) is 11.9 Å². The lowest BCUT2D eigenvalue weighted by Crippen LogP contribution is -2.40. The number of carbonyl (C=O) groups excluding carboxylic acids is 1. The zero-order valence-electron chi connectivity index (χ0n) is 12.5. The monoisotopic (exact) mass is 292 g/mol. The van der Waals surface area contributed by atoms with Crippen LogP contribution >= 0.6 is 0 Å². The van der Waals surface area contributed by atoms with Gasteiger partial charge in [-0.1, -0.05) is 6.07 Å². The lowest BCUT2D eigenvalue weighted by Gasteiger charge is -2.23. The number of amides is 1. The van der Waals surface area contributed by atoms with Gasteiger partial charge in [0.15, 0.2) is 6.10 Å². The molecule has 0 spiro atoms. The van der Waals surface area contributed by atoms with Crippen LogP contribution in [0.5, 0.6) is 5.75 Å². The molecule has 0 aliphatic carbocycles. The van der Waals surface area contributed by atoms with Crippen LogP contribution in [0.25, 0.3) is 0 Å². The van der Waals surface area contributed by atoms with Gasteiger partial charge in [0.2, 0.25) is 0 Å². The van der Waals surface area contributed by atoms with Crippen molar-refractivity contribution in [3.05, 3.63) is 30.1 Å². The van der Waals surface area contributed by atoms with E-state index in [4.69, 9.17) is 4.74 Å². The molecule has 2 fully saturated rings. The molecule has 3 rings (SSSR count). The maximum atomic E-state index is 13.1. The lowest BCUT2D eigenvalue weighted by molar-refractivity contribution is -0.137. The Hall–Kier alpha value is -1.62. The average molecular weight is 292 g/mol. The van der Waals surface area contributed by atoms with Gasteiger partial charge in [-0.3, -0.25) is 4.79 Å². The van der Waals surface area contributed by atoms with E-state index in [0.717, 1.165) is 26.2 Å². The molecule has 4 nitrogen and oxygen atoms in total. The Labute approximate surface area is 124 Å². The highest BCUT2D eigenvalue weighted by Gasteiger charge is 2.41. The fourth-order valence-electron chi connectivity index (χ4n) is 3.46. The third kappa shape index (κ3) is 3.02. The topological polar surface area (TPSA) is 32.8 Å². The van der Waals surface area contributed by atoms with E-state index in [0.29, 0.717) is 17.6 Å². The Morgan fingerprint density at radius 1 is 1.29 bits per heavy atom. The number of halogens is 1. The summed E-state index contributed by atoms with van der Waals surface area (Å²) < 4.78 is 18.7. The number of rotatable bonds is 3. The number of hydrogen-bond acceptors (Lipinski definition) is 3. The van der Waals surface area contributed by atoms with Crippen molar-refractivity contribution in [2.75, 3.05) is 33.2 Å². The third-order valence-electron chi connectivity index (χ3n) is 4.44. The molecule has 0 bridgehead atoms. The summed E-state index contributed by atoms with van der Waals surface area (Å²) in [5.74, 6) is 1.21. The zero-order chi connectivity index (χ0) is 15.0. The smallest absolute Gasteiger partial charge is 0.263 e. The first-order valence-electron chi connectivity index (χ1n) is 7.42. The van der Waals surface area contributed by atoms with Crippen LogP contribution in [-0.2, 0) is 4.79 Å². The van der Waals surface area contributed by atoms with Crippen molar-refractivity contribution >= 4 is 5.91 Å². The van der Waals surface area contributed by atoms with Crippen LogP contribution in [0, 0.1) is 17.7 Å². The van der Waals surface area contributed by atoms with Crippen LogP contribution < -0.4 is 4.74 Å². The average Bonchev–Trinajstić information content (AvgIpc) is 2.94. The van der Waals surface area contributed by atoms with Crippen LogP contribution in [0.4, 0.5) is 4.39 Å². The summed E-state index contributed by atoms with van der Waals surface area (Å²) in [6.45, 7) is 5.48. The molecule has 0 aromatic heterocycles. The summed E-state index contributed by atoms with van der Waals surface area (Å²) >= 11 is 0. The third-order valence-corrected chi connectivity index (χ3v) is 4.44. The van der Waals surface area contributed by atoms with E-state index >= 15 is 0 Å². The number of fused-ring (bicyclic) bond motifs is 1. The second-order valence-electron chi connectivity index (χ2n) is 6.20. The van der Waals surface area contributed by atoms with Crippen molar-refractivity contribution in [2.24, 2.45) is 11.8 Å². The molecule has 114 valence electrons. The molecule has 0 unspecified atom stereocenters. The Balaban J connectivity index is 1.58. The molecular formula is C16H21FN2O2. The highest BCUT2D eigenvalue weighted by Crippen LogP contribution is 2.30. The maximum absolute atomic E-state index is 13.1. The van der Waals surface area contributed by atoms with Crippen LogP contribution in [-0.4, -0.2) is 55.0 Å². The number of benzene rings is 1. The van der Waals surface area contributed by atoms with Gasteiger partial charge in [0.05, 0.1) is 0 Å². The van der Waals surface area contributed by atoms with Crippen molar-refractivity contribution < 1.29 is 13.9 Å². The minimum absolute atomic E-state index is 0.00341. The van der Waals surface area contributed by atoms with Gasteiger partial charge in [-0.15, -0.1) is 0 Å². The number of likely N-dealkylation sites (tertiary alicyclic amines) is 2. The minimum atomic E-state index is -0.580. The van der Waals surface area contributed by atoms with Crippen molar-refractivity contribution in [1.29, 1.82) is 0 Å². The van der Waals surface area contributed by atoms with E-state index in [-0.39, 0.29) is 11.7 Å². The Morgan fingerprint density at radius 2 is 1.95 bits per heavy atom. The molecular weight excluding hydrogens is 271 g/mol. The summed E-state index contributed by atoms with van der Waals surface area (Å²) in [5, 5.41) is 0. The summed E-state index contributed by atoms with van der Waals surface area (Å²) in [7, 11) is 2.13. The van der Waals surface area contributed by atoms with Crippen LogP contribution in [0.2, 0.25) is 0 Å². The Morgan fingerprint density at radius 3 is 2.57 bits per heavy atom. The molecule has 0 radical (unpaired) electrons. The van der Waals surface area contributed by atoms with E-state index in [9.17, 15) is 9.18 Å². The van der Waals surface area contributed by atoms with Gasteiger partial charge >= 0.3 is 0 Å². The van der Waals surface area contributed by atoms with Gasteiger partial charge in [0.1, 0.15) is 11.6 Å². The van der Waals surface area contributed by atoms with Gasteiger partial charge < -0.3 is 14.5 Å². The first-order valence-corrected chi connectivity index (χ1v) is 7.42. The van der Waals surface area contributed by atoms with Gasteiger partial charge in [0.25, 0.3) is 5.91 Å².